The Kier molecular flexibility index (Phi) is 9.29. The van der Waals surface area contributed by atoms with Gasteiger partial charge in [0.25, 0.3) is 0 Å². The first-order valence-electron chi connectivity index (χ1n) is 5.24. The lowest BCUT2D eigenvalue weighted by Crippen LogP contribution is -2.31. The number of carbonyl (C=O) groups excluding carboxylic acids is 1. The molecule has 0 aromatic carbocycles. The molecule has 4 N–H and O–H groups in total. The molecule has 0 aliphatic carbocycles. The van der Waals surface area contributed by atoms with E-state index in [1.165, 1.54) is 5.54 Å². The number of hydrogen-bond acceptors (Lipinski definition) is 3. The van der Waals surface area contributed by atoms with Gasteiger partial charge in [-0.1, -0.05) is 12.8 Å². The summed E-state index contributed by atoms with van der Waals surface area (Å²) in [4.78, 5) is 20.8. The smallest absolute Gasteiger partial charge is 0.404 e. The minimum atomic E-state index is -1.01. The van der Waals surface area contributed by atoms with Crippen LogP contribution in [0.15, 0.2) is 0 Å². The average molecular weight is 235 g/mol. The Hall–Kier alpha value is -1.37. The minimum Gasteiger partial charge on any atom is -0.465 e. The summed E-state index contributed by atoms with van der Waals surface area (Å²) in [6.45, 7) is 0.656. The van der Waals surface area contributed by atoms with Gasteiger partial charge in [0.2, 0.25) is 5.91 Å². The molecule has 0 aromatic rings. The summed E-state index contributed by atoms with van der Waals surface area (Å²) < 4.78 is 11.5. The van der Waals surface area contributed by atoms with Crippen LogP contribution in [0.4, 0.5) is 9.28 Å². The van der Waals surface area contributed by atoms with Crippen molar-refractivity contribution < 1.29 is 19.2 Å². The van der Waals surface area contributed by atoms with Crippen LogP contribution in [0.3, 0.4) is 0 Å². The van der Waals surface area contributed by atoms with Crippen molar-refractivity contribution in [3.8, 4) is 0 Å². The summed E-state index contributed by atoms with van der Waals surface area (Å²) in [6, 6.07) is 0. The molecular weight excluding hydrogens is 217 g/mol. The van der Waals surface area contributed by atoms with Gasteiger partial charge in [0.05, 0.1) is 0 Å². The summed E-state index contributed by atoms with van der Waals surface area (Å²) in [7, 11) is 0. The van der Waals surface area contributed by atoms with E-state index >= 15 is 0 Å². The number of carboxylic acid groups (broad SMARTS) is 1. The highest BCUT2D eigenvalue weighted by Crippen LogP contribution is 1.97. The Morgan fingerprint density at radius 1 is 1.00 bits per heavy atom. The second kappa shape index (κ2) is 10.2. The molecule has 0 rings (SSSR count). The van der Waals surface area contributed by atoms with Crippen LogP contribution in [0.5, 0.6) is 0 Å². The maximum atomic E-state index is 11.5. The molecule has 0 radical (unpaired) electrons. The molecule has 0 saturated heterocycles. The molecule has 6 nitrogen and oxygen atoms in total. The summed E-state index contributed by atoms with van der Waals surface area (Å²) in [6.07, 6.45) is 2.39. The number of nitrogens with one attached hydrogen (secondary N) is 3. The van der Waals surface area contributed by atoms with Crippen molar-refractivity contribution in [2.45, 2.75) is 25.7 Å². The van der Waals surface area contributed by atoms with Crippen LogP contribution in [-0.2, 0) is 4.79 Å². The van der Waals surface area contributed by atoms with Crippen molar-refractivity contribution in [2.75, 3.05) is 19.6 Å². The van der Waals surface area contributed by atoms with Crippen LogP contribution < -0.4 is 16.2 Å². The van der Waals surface area contributed by atoms with E-state index < -0.39 is 6.09 Å². The summed E-state index contributed by atoms with van der Waals surface area (Å²) in [5.41, 5.74) is 1.27. The van der Waals surface area contributed by atoms with Crippen molar-refractivity contribution in [3.05, 3.63) is 0 Å². The maximum Gasteiger partial charge on any atom is 0.404 e. The highest BCUT2D eigenvalue weighted by molar-refractivity contribution is 5.77. The SMILES string of the molecule is O=C(O)NCCCCCCNC(=O)CNF. The normalized spacial score (nSPS) is 9.81. The fourth-order valence-electron chi connectivity index (χ4n) is 1.15. The molecule has 0 fully saturated rings. The molecule has 0 aliphatic heterocycles. The quantitative estimate of drug-likeness (QED) is 0.344. The molecule has 0 aliphatic rings. The van der Waals surface area contributed by atoms with E-state index in [0.717, 1.165) is 25.7 Å². The zero-order valence-corrected chi connectivity index (χ0v) is 9.09. The van der Waals surface area contributed by atoms with Gasteiger partial charge in [0, 0.05) is 13.1 Å². The number of hydrogen-bond donors (Lipinski definition) is 4. The highest BCUT2D eigenvalue weighted by Gasteiger charge is 1.98. The molecule has 16 heavy (non-hydrogen) atoms. The number of amides is 2. The highest BCUT2D eigenvalue weighted by atomic mass is 19.2. The molecule has 0 atom stereocenters. The molecule has 7 heteroatoms. The molecule has 0 spiro atoms. The van der Waals surface area contributed by atoms with Crippen molar-refractivity contribution >= 4 is 12.0 Å². The van der Waals surface area contributed by atoms with Gasteiger partial charge in [0.1, 0.15) is 6.54 Å². The average Bonchev–Trinajstić information content (AvgIpc) is 2.22. The molecule has 0 bridgehead atoms. The Labute approximate surface area is 93.5 Å². The lowest BCUT2D eigenvalue weighted by Gasteiger charge is -2.04. The predicted octanol–water partition coefficient (Wildman–Crippen LogP) is 0.405. The van der Waals surface area contributed by atoms with Gasteiger partial charge < -0.3 is 15.7 Å². The Balaban J connectivity index is 3.09. The largest absolute Gasteiger partial charge is 0.465 e. The lowest BCUT2D eigenvalue weighted by atomic mass is 10.2. The van der Waals surface area contributed by atoms with Gasteiger partial charge in [-0.2, -0.15) is 0 Å². The van der Waals surface area contributed by atoms with E-state index in [1.807, 2.05) is 0 Å². The third-order valence-corrected chi connectivity index (χ3v) is 1.93. The first-order valence-corrected chi connectivity index (χ1v) is 5.24. The van der Waals surface area contributed by atoms with Gasteiger partial charge in [-0.25, -0.2) is 4.79 Å². The first kappa shape index (κ1) is 14.6. The van der Waals surface area contributed by atoms with Crippen LogP contribution in [-0.4, -0.2) is 36.7 Å². The standard InChI is InChI=1S/C9H18FN3O3/c10-13-7-8(14)11-5-3-1-2-4-6-12-9(15)16/h12-13H,1-7H2,(H,11,14)(H,15,16). The van der Waals surface area contributed by atoms with E-state index in [1.54, 1.807) is 0 Å². The van der Waals surface area contributed by atoms with Gasteiger partial charge in [0.15, 0.2) is 0 Å². The van der Waals surface area contributed by atoms with E-state index in [9.17, 15) is 14.1 Å². The molecule has 0 heterocycles. The fourth-order valence-corrected chi connectivity index (χ4v) is 1.15. The third kappa shape index (κ3) is 10.7. The molecule has 2 amide bonds. The number of rotatable bonds is 9. The van der Waals surface area contributed by atoms with Crippen LogP contribution in [0.1, 0.15) is 25.7 Å². The fraction of sp³-hybridized carbons (Fsp3) is 0.778. The Bertz CT molecular complexity index is 214. The Morgan fingerprint density at radius 2 is 1.56 bits per heavy atom. The second-order valence-corrected chi connectivity index (χ2v) is 3.31. The van der Waals surface area contributed by atoms with E-state index in [-0.39, 0.29) is 12.5 Å². The van der Waals surface area contributed by atoms with Gasteiger partial charge in [-0.05, 0) is 12.8 Å². The predicted molar refractivity (Wildman–Crippen MR) is 56.6 cm³/mol. The van der Waals surface area contributed by atoms with Crippen LogP contribution in [0, 0.1) is 0 Å². The number of unbranched alkanes of at least 4 members (excludes halogenated alkanes) is 3. The monoisotopic (exact) mass is 235 g/mol. The molecular formula is C9H18FN3O3. The van der Waals surface area contributed by atoms with Crippen molar-refractivity contribution in [3.63, 3.8) is 0 Å². The second-order valence-electron chi connectivity index (χ2n) is 3.31. The van der Waals surface area contributed by atoms with Gasteiger partial charge >= 0.3 is 6.09 Å². The first-order chi connectivity index (χ1) is 7.66. The van der Waals surface area contributed by atoms with Crippen LogP contribution in [0.2, 0.25) is 0 Å². The van der Waals surface area contributed by atoms with Crippen LogP contribution >= 0.6 is 0 Å². The van der Waals surface area contributed by atoms with E-state index in [0.29, 0.717) is 13.1 Å². The van der Waals surface area contributed by atoms with Crippen molar-refractivity contribution in [2.24, 2.45) is 0 Å². The van der Waals surface area contributed by atoms with Crippen molar-refractivity contribution in [1.82, 2.24) is 16.2 Å². The summed E-state index contributed by atoms with van der Waals surface area (Å²) in [5.74, 6) is -0.366. The van der Waals surface area contributed by atoms with E-state index in [2.05, 4.69) is 10.6 Å². The Morgan fingerprint density at radius 3 is 2.06 bits per heavy atom. The van der Waals surface area contributed by atoms with E-state index in [4.69, 9.17) is 5.11 Å². The topological polar surface area (TPSA) is 90.5 Å². The number of halogens is 1. The summed E-state index contributed by atoms with van der Waals surface area (Å²) >= 11 is 0. The van der Waals surface area contributed by atoms with Crippen LogP contribution in [0.25, 0.3) is 0 Å². The van der Waals surface area contributed by atoms with Crippen molar-refractivity contribution in [1.29, 1.82) is 0 Å². The third-order valence-electron chi connectivity index (χ3n) is 1.93. The number of carbonyl (C=O) groups is 2. The summed E-state index contributed by atoms with van der Waals surface area (Å²) in [5, 5.41) is 13.1. The zero-order valence-electron chi connectivity index (χ0n) is 9.09. The van der Waals surface area contributed by atoms with Gasteiger partial charge in [-0.15, -0.1) is 10.0 Å². The molecule has 0 saturated carbocycles. The van der Waals surface area contributed by atoms with Gasteiger partial charge in [-0.3, -0.25) is 4.79 Å². The maximum absolute atomic E-state index is 11.5. The zero-order chi connectivity index (χ0) is 12.2. The molecule has 0 aromatic heterocycles. The minimum absolute atomic E-state index is 0.317. The molecule has 94 valence electrons. The molecule has 0 unspecified atom stereocenters. The lowest BCUT2D eigenvalue weighted by molar-refractivity contribution is -0.120.